The van der Waals surface area contributed by atoms with Crippen molar-refractivity contribution in [3.8, 4) is 0 Å². The number of nitro groups is 1. The van der Waals surface area contributed by atoms with Gasteiger partial charge in [-0.1, -0.05) is 17.7 Å². The summed E-state index contributed by atoms with van der Waals surface area (Å²) >= 11 is 3.71. The Morgan fingerprint density at radius 3 is 2.73 bits per heavy atom. The van der Waals surface area contributed by atoms with Crippen molar-refractivity contribution in [2.75, 3.05) is 5.75 Å². The minimum atomic E-state index is -1.89. The molecule has 7 heteroatoms. The van der Waals surface area contributed by atoms with E-state index in [0.717, 1.165) is 0 Å². The van der Waals surface area contributed by atoms with Gasteiger partial charge in [-0.3, -0.25) is 10.1 Å². The van der Waals surface area contributed by atoms with E-state index in [0.29, 0.717) is 12.0 Å². The van der Waals surface area contributed by atoms with E-state index in [4.69, 9.17) is 16.2 Å². The third kappa shape index (κ3) is 3.58. The van der Waals surface area contributed by atoms with Gasteiger partial charge in [0.1, 0.15) is 5.02 Å². The lowest BCUT2D eigenvalue weighted by Crippen LogP contribution is -2.00. The molecule has 15 heavy (non-hydrogen) atoms. The number of benzene rings is 1. The summed E-state index contributed by atoms with van der Waals surface area (Å²) in [5, 5.41) is 10.6. The average Bonchev–Trinajstić information content (AvgIpc) is 2.16. The number of rotatable bonds is 4. The molecule has 1 unspecified atom stereocenters. The molecule has 1 rings (SSSR count). The summed E-state index contributed by atoms with van der Waals surface area (Å²) in [4.78, 5) is 9.94. The molecule has 0 saturated carbocycles. The number of halogens is 1. The Balaban J connectivity index is 2.87. The third-order valence-corrected chi connectivity index (χ3v) is 2.65. The van der Waals surface area contributed by atoms with Gasteiger partial charge in [-0.2, -0.15) is 0 Å². The zero-order chi connectivity index (χ0) is 11.4. The molecule has 0 aliphatic rings. The normalized spacial score (nSPS) is 12.4. The number of nitrogens with zero attached hydrogens (tertiary/aromatic N) is 1. The van der Waals surface area contributed by atoms with Crippen LogP contribution in [0.25, 0.3) is 0 Å². The maximum absolute atomic E-state index is 10.5. The molecule has 0 spiro atoms. The van der Waals surface area contributed by atoms with Gasteiger partial charge in [-0.25, -0.2) is 4.21 Å². The van der Waals surface area contributed by atoms with Crippen LogP contribution in [0.1, 0.15) is 5.56 Å². The standard InChI is InChI=1S/C8H8ClNO4S/c9-7-2-1-6(3-4-15(13)14)5-8(7)10(11)12/h1-2,5H,3-4H2,(H,13,14). The maximum Gasteiger partial charge on any atom is 0.288 e. The fraction of sp³-hybridized carbons (Fsp3) is 0.250. The minimum Gasteiger partial charge on any atom is -0.306 e. The molecular weight excluding hydrogens is 242 g/mol. The lowest BCUT2D eigenvalue weighted by atomic mass is 10.1. The van der Waals surface area contributed by atoms with Gasteiger partial charge in [-0.15, -0.1) is 0 Å². The van der Waals surface area contributed by atoms with Gasteiger partial charge in [0.25, 0.3) is 5.69 Å². The SMILES string of the molecule is O=[N+]([O-])c1cc(CCS(=O)O)ccc1Cl. The van der Waals surface area contributed by atoms with E-state index < -0.39 is 16.0 Å². The Morgan fingerprint density at radius 1 is 1.53 bits per heavy atom. The zero-order valence-electron chi connectivity index (χ0n) is 7.55. The van der Waals surface area contributed by atoms with E-state index >= 15 is 0 Å². The molecule has 82 valence electrons. The van der Waals surface area contributed by atoms with Crippen molar-refractivity contribution in [3.05, 3.63) is 38.9 Å². The molecule has 0 saturated heterocycles. The smallest absolute Gasteiger partial charge is 0.288 e. The van der Waals surface area contributed by atoms with Crippen LogP contribution >= 0.6 is 11.6 Å². The fourth-order valence-corrected chi connectivity index (χ4v) is 1.66. The van der Waals surface area contributed by atoms with Gasteiger partial charge in [0.2, 0.25) is 0 Å². The Hall–Kier alpha value is -0.980. The van der Waals surface area contributed by atoms with Crippen LogP contribution in [0.4, 0.5) is 5.69 Å². The van der Waals surface area contributed by atoms with Crippen LogP contribution in [0.15, 0.2) is 18.2 Å². The van der Waals surface area contributed by atoms with Crippen LogP contribution in [0.5, 0.6) is 0 Å². The number of aryl methyl sites for hydroxylation is 1. The first-order valence-electron chi connectivity index (χ1n) is 4.01. The third-order valence-electron chi connectivity index (χ3n) is 1.77. The lowest BCUT2D eigenvalue weighted by Gasteiger charge is -2.00. The van der Waals surface area contributed by atoms with Crippen LogP contribution in [0.3, 0.4) is 0 Å². The van der Waals surface area contributed by atoms with Gasteiger partial charge in [0.15, 0.2) is 11.1 Å². The largest absolute Gasteiger partial charge is 0.306 e. The van der Waals surface area contributed by atoms with E-state index in [1.54, 1.807) is 6.07 Å². The topological polar surface area (TPSA) is 80.4 Å². The molecule has 0 bridgehead atoms. The second-order valence-electron chi connectivity index (χ2n) is 2.82. The molecular formula is C8H8ClNO4S. The lowest BCUT2D eigenvalue weighted by molar-refractivity contribution is -0.384. The van der Waals surface area contributed by atoms with E-state index in [9.17, 15) is 14.3 Å². The quantitative estimate of drug-likeness (QED) is 0.503. The molecule has 1 atom stereocenters. The second-order valence-corrected chi connectivity index (χ2v) is 4.28. The van der Waals surface area contributed by atoms with Crippen molar-refractivity contribution < 1.29 is 13.7 Å². The molecule has 0 radical (unpaired) electrons. The predicted octanol–water partition coefficient (Wildman–Crippen LogP) is 2.01. The zero-order valence-corrected chi connectivity index (χ0v) is 9.12. The highest BCUT2D eigenvalue weighted by Crippen LogP contribution is 2.25. The highest BCUT2D eigenvalue weighted by Gasteiger charge is 2.12. The van der Waals surface area contributed by atoms with Crippen molar-refractivity contribution in [3.63, 3.8) is 0 Å². The van der Waals surface area contributed by atoms with Crippen molar-refractivity contribution in [2.24, 2.45) is 0 Å². The molecule has 0 amide bonds. The average molecular weight is 250 g/mol. The summed E-state index contributed by atoms with van der Waals surface area (Å²) < 4.78 is 19.0. The first-order chi connectivity index (χ1) is 7.00. The molecule has 1 aromatic carbocycles. The molecule has 0 heterocycles. The van der Waals surface area contributed by atoms with E-state index in [-0.39, 0.29) is 16.5 Å². The molecule has 1 N–H and O–H groups in total. The van der Waals surface area contributed by atoms with Crippen molar-refractivity contribution >= 4 is 28.4 Å². The van der Waals surface area contributed by atoms with E-state index in [2.05, 4.69) is 0 Å². The van der Waals surface area contributed by atoms with Gasteiger partial charge in [0, 0.05) is 6.07 Å². The maximum atomic E-state index is 10.5. The molecule has 0 aliphatic carbocycles. The molecule has 5 nitrogen and oxygen atoms in total. The number of nitro benzene ring substituents is 1. The van der Waals surface area contributed by atoms with Gasteiger partial charge in [0.05, 0.1) is 10.7 Å². The van der Waals surface area contributed by atoms with Crippen LogP contribution in [0, 0.1) is 10.1 Å². The van der Waals surface area contributed by atoms with Crippen molar-refractivity contribution in [1.82, 2.24) is 0 Å². The Kier molecular flexibility index (Phi) is 4.19. The summed E-state index contributed by atoms with van der Waals surface area (Å²) in [6.07, 6.45) is 0.307. The van der Waals surface area contributed by atoms with Crippen molar-refractivity contribution in [2.45, 2.75) is 6.42 Å². The number of hydrogen-bond acceptors (Lipinski definition) is 3. The van der Waals surface area contributed by atoms with Crippen molar-refractivity contribution in [1.29, 1.82) is 0 Å². The Morgan fingerprint density at radius 2 is 2.20 bits per heavy atom. The van der Waals surface area contributed by atoms with Gasteiger partial charge >= 0.3 is 0 Å². The minimum absolute atomic E-state index is 0.0544. The molecule has 1 aromatic rings. The number of hydrogen-bond donors (Lipinski definition) is 1. The monoisotopic (exact) mass is 249 g/mol. The Labute approximate surface area is 93.5 Å². The van der Waals surface area contributed by atoms with Gasteiger partial charge in [-0.05, 0) is 18.1 Å². The van der Waals surface area contributed by atoms with Crippen LogP contribution in [-0.4, -0.2) is 19.4 Å². The van der Waals surface area contributed by atoms with Crippen LogP contribution < -0.4 is 0 Å². The summed E-state index contributed by atoms with van der Waals surface area (Å²) in [7, 11) is 0. The molecule has 0 aromatic heterocycles. The first-order valence-corrected chi connectivity index (χ1v) is 5.66. The summed E-state index contributed by atoms with van der Waals surface area (Å²) in [5.41, 5.74) is 0.436. The Bertz CT molecular complexity index is 410. The fourth-order valence-electron chi connectivity index (χ4n) is 1.06. The summed E-state index contributed by atoms with van der Waals surface area (Å²) in [6, 6.07) is 4.33. The molecule has 0 aliphatic heterocycles. The highest BCUT2D eigenvalue weighted by molar-refractivity contribution is 7.79. The van der Waals surface area contributed by atoms with Crippen LogP contribution in [-0.2, 0) is 17.5 Å². The highest BCUT2D eigenvalue weighted by atomic mass is 35.5. The van der Waals surface area contributed by atoms with Crippen LogP contribution in [0.2, 0.25) is 5.02 Å². The summed E-state index contributed by atoms with van der Waals surface area (Å²) in [6.45, 7) is 0. The predicted molar refractivity (Wildman–Crippen MR) is 57.4 cm³/mol. The van der Waals surface area contributed by atoms with E-state index in [1.165, 1.54) is 12.1 Å². The summed E-state index contributed by atoms with van der Waals surface area (Å²) in [5.74, 6) is 0.0544. The van der Waals surface area contributed by atoms with Gasteiger partial charge < -0.3 is 4.55 Å². The second kappa shape index (κ2) is 5.20. The molecule has 0 fully saturated rings. The first kappa shape index (κ1) is 12.1. The van der Waals surface area contributed by atoms with E-state index in [1.807, 2.05) is 0 Å².